The number of benzene rings is 1. The topological polar surface area (TPSA) is 74.6 Å². The molecule has 1 rings (SSSR count). The monoisotopic (exact) mass is 322 g/mol. The lowest BCUT2D eigenvalue weighted by molar-refractivity contribution is -0.132. The van der Waals surface area contributed by atoms with E-state index >= 15 is 0 Å². The van der Waals surface area contributed by atoms with Crippen molar-refractivity contribution < 1.29 is 19.8 Å². The van der Waals surface area contributed by atoms with E-state index in [1.807, 2.05) is 48.6 Å². The molecule has 0 saturated heterocycles. The maximum absolute atomic E-state index is 10.4. The number of hydrogen-bond donors (Lipinski definition) is 2. The summed E-state index contributed by atoms with van der Waals surface area (Å²) in [6.45, 7) is 0. The van der Waals surface area contributed by atoms with E-state index in [0.717, 1.165) is 23.3 Å². The number of hydrogen-bond acceptors (Lipinski definition) is 2. The van der Waals surface area contributed by atoms with Gasteiger partial charge < -0.3 is 10.2 Å². The fourth-order valence-corrected chi connectivity index (χ4v) is 1.67. The smallest absolute Gasteiger partial charge is 0.328 e. The highest BCUT2D eigenvalue weighted by Gasteiger charge is 1.92. The Bertz CT molecular complexity index is 732. The van der Waals surface area contributed by atoms with Crippen LogP contribution in [0.1, 0.15) is 11.1 Å². The van der Waals surface area contributed by atoms with Crippen LogP contribution in [0.25, 0.3) is 12.2 Å². The minimum Gasteiger partial charge on any atom is -0.478 e. The van der Waals surface area contributed by atoms with Gasteiger partial charge in [0.15, 0.2) is 0 Å². The van der Waals surface area contributed by atoms with E-state index in [4.69, 9.17) is 10.2 Å². The summed E-state index contributed by atoms with van der Waals surface area (Å²) in [5, 5.41) is 17.0. The van der Waals surface area contributed by atoms with Crippen molar-refractivity contribution in [2.24, 2.45) is 0 Å². The predicted molar refractivity (Wildman–Crippen MR) is 96.3 cm³/mol. The molecule has 0 saturated carbocycles. The van der Waals surface area contributed by atoms with E-state index in [1.54, 1.807) is 24.3 Å². The Balaban J connectivity index is 2.67. The summed E-state index contributed by atoms with van der Waals surface area (Å²) in [5.74, 6) is -1.96. The molecule has 2 N–H and O–H groups in total. The number of carboxylic acids is 2. The van der Waals surface area contributed by atoms with Crippen molar-refractivity contribution in [1.82, 2.24) is 0 Å². The number of carbonyl (C=O) groups is 2. The lowest BCUT2D eigenvalue weighted by Gasteiger charge is -1.98. The molecule has 0 spiro atoms. The van der Waals surface area contributed by atoms with Crippen LogP contribution in [-0.4, -0.2) is 22.2 Å². The van der Waals surface area contributed by atoms with Crippen molar-refractivity contribution in [2.45, 2.75) is 0 Å². The van der Waals surface area contributed by atoms with Gasteiger partial charge >= 0.3 is 11.9 Å². The molecule has 4 heteroatoms. The number of allylic oxidation sites excluding steroid dienone is 8. The predicted octanol–water partition coefficient (Wildman–Crippen LogP) is 4.11. The number of rotatable bonds is 8. The lowest BCUT2D eigenvalue weighted by atomic mass is 10.1. The van der Waals surface area contributed by atoms with Gasteiger partial charge in [-0.15, -0.1) is 0 Å². The van der Waals surface area contributed by atoms with Gasteiger partial charge in [-0.25, -0.2) is 9.59 Å². The Morgan fingerprint density at radius 1 is 0.625 bits per heavy atom. The van der Waals surface area contributed by atoms with Gasteiger partial charge in [-0.2, -0.15) is 0 Å². The molecule has 0 atom stereocenters. The van der Waals surface area contributed by atoms with E-state index in [1.165, 1.54) is 12.2 Å². The second-order valence-electron chi connectivity index (χ2n) is 4.51. The van der Waals surface area contributed by atoms with E-state index in [-0.39, 0.29) is 0 Å². The second kappa shape index (κ2) is 11.2. The van der Waals surface area contributed by atoms with Crippen LogP contribution in [0.3, 0.4) is 0 Å². The molecule has 0 aromatic heterocycles. The summed E-state index contributed by atoms with van der Waals surface area (Å²) in [6.07, 6.45) is 19.3. The van der Waals surface area contributed by atoms with Gasteiger partial charge in [0.1, 0.15) is 0 Å². The molecular formula is C20H18O4. The van der Waals surface area contributed by atoms with Gasteiger partial charge in [-0.05, 0) is 11.1 Å². The Kier molecular flexibility index (Phi) is 8.71. The minimum absolute atomic E-state index is 0.970. The first kappa shape index (κ1) is 18.6. The van der Waals surface area contributed by atoms with E-state index in [9.17, 15) is 9.59 Å². The number of aliphatic carboxylic acids is 2. The molecule has 0 amide bonds. The molecule has 24 heavy (non-hydrogen) atoms. The van der Waals surface area contributed by atoms with E-state index in [0.29, 0.717) is 0 Å². The fraction of sp³-hybridized carbons (Fsp3) is 0. The van der Waals surface area contributed by atoms with Crippen LogP contribution in [0, 0.1) is 0 Å². The fourth-order valence-electron chi connectivity index (χ4n) is 1.67. The van der Waals surface area contributed by atoms with Crippen molar-refractivity contribution in [3.05, 3.63) is 96.2 Å². The first-order valence-corrected chi connectivity index (χ1v) is 7.17. The molecule has 0 heterocycles. The first-order chi connectivity index (χ1) is 11.6. The Morgan fingerprint density at radius 3 is 1.50 bits per heavy atom. The molecule has 0 aliphatic carbocycles. The van der Waals surface area contributed by atoms with Gasteiger partial charge in [0.25, 0.3) is 0 Å². The Hall–Kier alpha value is -3.40. The molecule has 4 nitrogen and oxygen atoms in total. The summed E-state index contributed by atoms with van der Waals surface area (Å²) in [5.41, 5.74) is 1.97. The van der Waals surface area contributed by atoms with Crippen molar-refractivity contribution in [1.29, 1.82) is 0 Å². The average molecular weight is 322 g/mol. The molecule has 0 unspecified atom stereocenters. The van der Waals surface area contributed by atoms with Crippen LogP contribution in [0.15, 0.2) is 85.0 Å². The summed E-state index contributed by atoms with van der Waals surface area (Å²) in [7, 11) is 0. The highest BCUT2D eigenvalue weighted by atomic mass is 16.4. The van der Waals surface area contributed by atoms with Crippen molar-refractivity contribution in [3.8, 4) is 0 Å². The zero-order valence-corrected chi connectivity index (χ0v) is 12.9. The van der Waals surface area contributed by atoms with Crippen LogP contribution < -0.4 is 0 Å². The maximum atomic E-state index is 10.4. The van der Waals surface area contributed by atoms with E-state index in [2.05, 4.69) is 0 Å². The molecule has 0 aliphatic rings. The third kappa shape index (κ3) is 8.79. The van der Waals surface area contributed by atoms with Crippen molar-refractivity contribution >= 4 is 24.1 Å². The van der Waals surface area contributed by atoms with Crippen molar-refractivity contribution in [3.63, 3.8) is 0 Å². The van der Waals surface area contributed by atoms with E-state index < -0.39 is 11.9 Å². The molecule has 0 fully saturated rings. The maximum Gasteiger partial charge on any atom is 0.328 e. The van der Waals surface area contributed by atoms with Gasteiger partial charge in [0.05, 0.1) is 0 Å². The largest absolute Gasteiger partial charge is 0.478 e. The zero-order chi connectivity index (χ0) is 17.6. The molecule has 0 aliphatic heterocycles. The molecule has 0 radical (unpaired) electrons. The van der Waals surface area contributed by atoms with Crippen molar-refractivity contribution in [2.75, 3.05) is 0 Å². The van der Waals surface area contributed by atoms with Gasteiger partial charge in [0, 0.05) is 12.2 Å². The zero-order valence-electron chi connectivity index (χ0n) is 12.9. The quantitative estimate of drug-likeness (QED) is 0.558. The molecular weight excluding hydrogens is 304 g/mol. The summed E-state index contributed by atoms with van der Waals surface area (Å²) >= 11 is 0. The summed E-state index contributed by atoms with van der Waals surface area (Å²) in [4.78, 5) is 20.7. The third-order valence-electron chi connectivity index (χ3n) is 2.69. The second-order valence-corrected chi connectivity index (χ2v) is 4.51. The normalized spacial score (nSPS) is 12.7. The Labute approximate surface area is 140 Å². The van der Waals surface area contributed by atoms with Crippen LogP contribution in [0.5, 0.6) is 0 Å². The van der Waals surface area contributed by atoms with Crippen LogP contribution in [-0.2, 0) is 9.59 Å². The standard InChI is InChI=1S/C20H18O4/c21-19(22)15-6-4-2-1-3-5-11-17-12-7-8-13-18(17)14-9-10-16-20(23)24/h1-16H,(H,21,22)(H,23,24). The molecule has 1 aromatic rings. The highest BCUT2D eigenvalue weighted by molar-refractivity contribution is 5.80. The SMILES string of the molecule is O=C(O)C=CC=CC=CC=Cc1ccccc1C=CC=CC(=O)O. The first-order valence-electron chi connectivity index (χ1n) is 7.17. The highest BCUT2D eigenvalue weighted by Crippen LogP contribution is 2.12. The molecule has 0 bridgehead atoms. The number of carboxylic acid groups (broad SMARTS) is 2. The Morgan fingerprint density at radius 2 is 1.00 bits per heavy atom. The average Bonchev–Trinajstić information content (AvgIpc) is 2.54. The van der Waals surface area contributed by atoms with Gasteiger partial charge in [-0.1, -0.05) is 85.0 Å². The van der Waals surface area contributed by atoms with Gasteiger partial charge in [0.2, 0.25) is 0 Å². The van der Waals surface area contributed by atoms with Gasteiger partial charge in [-0.3, -0.25) is 0 Å². The third-order valence-corrected chi connectivity index (χ3v) is 2.69. The van der Waals surface area contributed by atoms with Crippen LogP contribution in [0.2, 0.25) is 0 Å². The minimum atomic E-state index is -0.982. The molecule has 1 aromatic carbocycles. The summed E-state index contributed by atoms with van der Waals surface area (Å²) in [6, 6.07) is 7.72. The lowest BCUT2D eigenvalue weighted by Crippen LogP contribution is -1.84. The van der Waals surface area contributed by atoms with Crippen LogP contribution in [0.4, 0.5) is 0 Å². The van der Waals surface area contributed by atoms with Crippen LogP contribution >= 0.6 is 0 Å². The summed E-state index contributed by atoms with van der Waals surface area (Å²) < 4.78 is 0. The molecule has 122 valence electrons.